The molecule has 0 spiro atoms. The van der Waals surface area contributed by atoms with Gasteiger partial charge in [0.2, 0.25) is 0 Å². The zero-order valence-corrected chi connectivity index (χ0v) is 13.0. The number of halogens is 2. The molecule has 0 atom stereocenters. The molecule has 0 saturated heterocycles. The number of nitro groups is 1. The lowest BCUT2D eigenvalue weighted by molar-refractivity contribution is -0.384. The normalized spacial score (nSPS) is 10.3. The lowest BCUT2D eigenvalue weighted by Gasteiger charge is -2.09. The second-order valence-corrected chi connectivity index (χ2v) is 5.61. The van der Waals surface area contributed by atoms with Crippen molar-refractivity contribution in [1.29, 1.82) is 0 Å². The predicted octanol–water partition coefficient (Wildman–Crippen LogP) is 4.93. The molecule has 0 aromatic heterocycles. The Morgan fingerprint density at radius 3 is 2.65 bits per heavy atom. The second kappa shape index (κ2) is 6.24. The summed E-state index contributed by atoms with van der Waals surface area (Å²) in [5.74, 6) is 0. The van der Waals surface area contributed by atoms with Crippen molar-refractivity contribution in [2.24, 2.45) is 0 Å². The quantitative estimate of drug-likeness (QED) is 0.625. The summed E-state index contributed by atoms with van der Waals surface area (Å²) >= 11 is 9.40. The van der Waals surface area contributed by atoms with E-state index >= 15 is 0 Å². The first-order chi connectivity index (χ1) is 9.47. The number of aryl methyl sites for hydroxylation is 1. The van der Waals surface area contributed by atoms with Gasteiger partial charge >= 0.3 is 0 Å². The maximum Gasteiger partial charge on any atom is 0.270 e. The molecule has 0 unspecified atom stereocenters. The Morgan fingerprint density at radius 2 is 2.05 bits per heavy atom. The van der Waals surface area contributed by atoms with Gasteiger partial charge in [0, 0.05) is 33.9 Å². The molecule has 0 radical (unpaired) electrons. The van der Waals surface area contributed by atoms with E-state index in [4.69, 9.17) is 11.6 Å². The fourth-order valence-corrected chi connectivity index (χ4v) is 2.38. The maximum absolute atomic E-state index is 10.7. The van der Waals surface area contributed by atoms with Crippen LogP contribution in [0.3, 0.4) is 0 Å². The highest BCUT2D eigenvalue weighted by Gasteiger charge is 2.09. The van der Waals surface area contributed by atoms with Crippen LogP contribution in [-0.4, -0.2) is 4.92 Å². The van der Waals surface area contributed by atoms with E-state index in [0.717, 1.165) is 16.8 Å². The van der Waals surface area contributed by atoms with Gasteiger partial charge in [-0.2, -0.15) is 0 Å². The van der Waals surface area contributed by atoms with Crippen molar-refractivity contribution >= 4 is 38.9 Å². The fraction of sp³-hybridized carbons (Fsp3) is 0.143. The molecule has 0 aliphatic rings. The van der Waals surface area contributed by atoms with Crippen molar-refractivity contribution in [2.45, 2.75) is 13.5 Å². The second-order valence-electron chi connectivity index (χ2n) is 4.35. The lowest BCUT2D eigenvalue weighted by Crippen LogP contribution is -2.01. The Balaban J connectivity index is 2.10. The third-order valence-electron chi connectivity index (χ3n) is 2.90. The molecule has 0 saturated carbocycles. The molecular weight excluding hydrogens is 344 g/mol. The van der Waals surface area contributed by atoms with E-state index in [2.05, 4.69) is 21.2 Å². The Morgan fingerprint density at radius 1 is 1.30 bits per heavy atom. The largest absolute Gasteiger partial charge is 0.381 e. The van der Waals surface area contributed by atoms with Gasteiger partial charge in [0.05, 0.1) is 4.92 Å². The standard InChI is InChI=1S/C14H12BrClN2O2/c1-9-2-4-11(6-14(9)16)17-8-10-3-5-12(18(19)20)7-13(10)15/h2-7,17H,8H2,1H3. The molecule has 0 heterocycles. The van der Waals surface area contributed by atoms with Gasteiger partial charge in [-0.3, -0.25) is 10.1 Å². The van der Waals surface area contributed by atoms with Crippen LogP contribution in [0.25, 0.3) is 0 Å². The zero-order valence-electron chi connectivity index (χ0n) is 10.7. The highest BCUT2D eigenvalue weighted by Crippen LogP contribution is 2.25. The monoisotopic (exact) mass is 354 g/mol. The molecule has 104 valence electrons. The van der Waals surface area contributed by atoms with E-state index in [1.54, 1.807) is 6.07 Å². The van der Waals surface area contributed by atoms with Gasteiger partial charge < -0.3 is 5.32 Å². The predicted molar refractivity (Wildman–Crippen MR) is 84.3 cm³/mol. The summed E-state index contributed by atoms with van der Waals surface area (Å²) in [5, 5.41) is 14.6. The molecule has 0 amide bonds. The van der Waals surface area contributed by atoms with Crippen LogP contribution in [0.4, 0.5) is 11.4 Å². The van der Waals surface area contributed by atoms with Crippen LogP contribution in [0.1, 0.15) is 11.1 Å². The van der Waals surface area contributed by atoms with Gasteiger partial charge in [0.25, 0.3) is 5.69 Å². The number of rotatable bonds is 4. The van der Waals surface area contributed by atoms with Gasteiger partial charge in [0.1, 0.15) is 0 Å². The molecule has 2 aromatic rings. The van der Waals surface area contributed by atoms with Gasteiger partial charge in [-0.05, 0) is 36.2 Å². The van der Waals surface area contributed by atoms with Gasteiger partial charge in [-0.15, -0.1) is 0 Å². The van der Waals surface area contributed by atoms with Crippen LogP contribution in [0.5, 0.6) is 0 Å². The van der Waals surface area contributed by atoms with E-state index in [0.29, 0.717) is 16.0 Å². The third kappa shape index (κ3) is 3.49. The van der Waals surface area contributed by atoms with E-state index < -0.39 is 4.92 Å². The van der Waals surface area contributed by atoms with Crippen molar-refractivity contribution in [1.82, 2.24) is 0 Å². The van der Waals surface area contributed by atoms with Crippen LogP contribution in [0.2, 0.25) is 5.02 Å². The molecule has 6 heteroatoms. The molecule has 2 aromatic carbocycles. The van der Waals surface area contributed by atoms with Crippen molar-refractivity contribution in [3.8, 4) is 0 Å². The summed E-state index contributed by atoms with van der Waals surface area (Å²) in [7, 11) is 0. The van der Waals surface area contributed by atoms with Crippen molar-refractivity contribution in [3.05, 3.63) is 67.1 Å². The summed E-state index contributed by atoms with van der Waals surface area (Å²) in [5.41, 5.74) is 2.94. The van der Waals surface area contributed by atoms with Crippen LogP contribution in [-0.2, 0) is 6.54 Å². The Kier molecular flexibility index (Phi) is 4.62. The fourth-order valence-electron chi connectivity index (χ4n) is 1.69. The summed E-state index contributed by atoms with van der Waals surface area (Å²) in [6.07, 6.45) is 0. The average molecular weight is 356 g/mol. The van der Waals surface area contributed by atoms with Gasteiger partial charge in [-0.25, -0.2) is 0 Å². The molecule has 0 bridgehead atoms. The van der Waals surface area contributed by atoms with E-state index in [1.165, 1.54) is 12.1 Å². The van der Waals surface area contributed by atoms with Crippen LogP contribution in [0, 0.1) is 17.0 Å². The van der Waals surface area contributed by atoms with Gasteiger partial charge in [0.15, 0.2) is 0 Å². The molecule has 0 aliphatic heterocycles. The molecule has 0 fully saturated rings. The van der Waals surface area contributed by atoms with Crippen LogP contribution < -0.4 is 5.32 Å². The average Bonchev–Trinajstić information content (AvgIpc) is 2.41. The first kappa shape index (κ1) is 14.8. The number of anilines is 1. The summed E-state index contributed by atoms with van der Waals surface area (Å²) in [4.78, 5) is 10.3. The summed E-state index contributed by atoms with van der Waals surface area (Å²) < 4.78 is 0.706. The molecule has 4 nitrogen and oxygen atoms in total. The van der Waals surface area contributed by atoms with Crippen molar-refractivity contribution < 1.29 is 4.92 Å². The Hall–Kier alpha value is -1.59. The molecule has 1 N–H and O–H groups in total. The Bertz CT molecular complexity index is 662. The molecular formula is C14H12BrClN2O2. The molecule has 2 rings (SSSR count). The van der Waals surface area contributed by atoms with E-state index in [9.17, 15) is 10.1 Å². The Labute approximate surface area is 130 Å². The minimum absolute atomic E-state index is 0.0685. The number of hydrogen-bond acceptors (Lipinski definition) is 3. The number of benzene rings is 2. The van der Waals surface area contributed by atoms with Crippen LogP contribution in [0.15, 0.2) is 40.9 Å². The van der Waals surface area contributed by atoms with E-state index in [1.807, 2.05) is 25.1 Å². The van der Waals surface area contributed by atoms with E-state index in [-0.39, 0.29) is 5.69 Å². The summed E-state index contributed by atoms with van der Waals surface area (Å²) in [6.45, 7) is 2.50. The lowest BCUT2D eigenvalue weighted by atomic mass is 10.2. The van der Waals surface area contributed by atoms with Crippen LogP contribution >= 0.6 is 27.5 Å². The SMILES string of the molecule is Cc1ccc(NCc2ccc([N+](=O)[O-])cc2Br)cc1Cl. The number of nitrogens with one attached hydrogen (secondary N) is 1. The van der Waals surface area contributed by atoms with Gasteiger partial charge in [-0.1, -0.05) is 33.6 Å². The smallest absolute Gasteiger partial charge is 0.270 e. The molecule has 20 heavy (non-hydrogen) atoms. The molecule has 0 aliphatic carbocycles. The minimum atomic E-state index is -0.415. The maximum atomic E-state index is 10.7. The number of nitrogens with zero attached hydrogens (tertiary/aromatic N) is 1. The minimum Gasteiger partial charge on any atom is -0.381 e. The highest BCUT2D eigenvalue weighted by molar-refractivity contribution is 9.10. The first-order valence-corrected chi connectivity index (χ1v) is 7.07. The van der Waals surface area contributed by atoms with Crippen molar-refractivity contribution in [2.75, 3.05) is 5.32 Å². The third-order valence-corrected chi connectivity index (χ3v) is 4.05. The van der Waals surface area contributed by atoms with Crippen molar-refractivity contribution in [3.63, 3.8) is 0 Å². The number of nitro benzene ring substituents is 1. The topological polar surface area (TPSA) is 55.2 Å². The summed E-state index contributed by atoms with van der Waals surface area (Å²) in [6, 6.07) is 10.5. The zero-order chi connectivity index (χ0) is 14.7. The number of hydrogen-bond donors (Lipinski definition) is 1. The first-order valence-electron chi connectivity index (χ1n) is 5.90. The highest BCUT2D eigenvalue weighted by atomic mass is 79.9. The number of non-ortho nitro benzene ring substituents is 1.